The van der Waals surface area contributed by atoms with Gasteiger partial charge in [-0.2, -0.15) is 0 Å². The molecule has 1 N–H and O–H groups in total. The van der Waals surface area contributed by atoms with Crippen LogP contribution in [-0.4, -0.2) is 24.9 Å². The molecule has 1 rings (SSSR count). The molecule has 4 nitrogen and oxygen atoms in total. The number of ether oxygens (including phenoxy) is 1. The summed E-state index contributed by atoms with van der Waals surface area (Å²) in [6, 6.07) is 7.33. The molecule has 0 unspecified atom stereocenters. The molecule has 0 heterocycles. The van der Waals surface area contributed by atoms with Gasteiger partial charge in [-0.05, 0) is 37.6 Å². The van der Waals surface area contributed by atoms with Crippen molar-refractivity contribution < 1.29 is 14.3 Å². The van der Waals surface area contributed by atoms with Crippen molar-refractivity contribution in [3.63, 3.8) is 0 Å². The fourth-order valence-corrected chi connectivity index (χ4v) is 3.06. The van der Waals surface area contributed by atoms with E-state index in [0.717, 1.165) is 12.2 Å². The van der Waals surface area contributed by atoms with Crippen LogP contribution in [-0.2, 0) is 9.53 Å². The second kappa shape index (κ2) is 15.2. The Balaban J connectivity index is 2.09. The molecule has 4 heteroatoms. The number of Topliss-reactive ketones (excluding diaryl/α,β-unsaturated/α-hetero) is 1. The average Bonchev–Trinajstić information content (AvgIpc) is 2.66. The van der Waals surface area contributed by atoms with E-state index >= 15 is 0 Å². The molecular weight excluding hydrogens is 338 g/mol. The van der Waals surface area contributed by atoms with E-state index in [1.807, 2.05) is 12.1 Å². The van der Waals surface area contributed by atoms with Crippen molar-refractivity contribution in [2.24, 2.45) is 0 Å². The number of carbonyl (C=O) groups excluding carboxylic acids is 2. The van der Waals surface area contributed by atoms with Crippen LogP contribution in [0.3, 0.4) is 0 Å². The van der Waals surface area contributed by atoms with Crippen LogP contribution in [0, 0.1) is 0 Å². The highest BCUT2D eigenvalue weighted by molar-refractivity contribution is 6.06. The van der Waals surface area contributed by atoms with E-state index in [4.69, 9.17) is 4.74 Å². The number of ketones is 1. The van der Waals surface area contributed by atoms with Gasteiger partial charge in [0.05, 0.1) is 6.61 Å². The third-order valence-corrected chi connectivity index (χ3v) is 4.68. The summed E-state index contributed by atoms with van der Waals surface area (Å²) >= 11 is 0. The maximum absolute atomic E-state index is 12.0. The van der Waals surface area contributed by atoms with Gasteiger partial charge >= 0.3 is 5.97 Å². The molecule has 0 bridgehead atoms. The van der Waals surface area contributed by atoms with Gasteiger partial charge in [-0.3, -0.25) is 9.59 Å². The van der Waals surface area contributed by atoms with Crippen LogP contribution < -0.4 is 5.32 Å². The zero-order chi connectivity index (χ0) is 19.7. The summed E-state index contributed by atoms with van der Waals surface area (Å²) in [7, 11) is 0. The molecule has 0 aliphatic heterocycles. The quantitative estimate of drug-likeness (QED) is 0.163. The standard InChI is InChI=1S/C23H37NO3/c1-3-5-6-7-8-9-10-11-12-13-18-24-21-16-14-20(15-17-21)22(25)19-23(26)27-4-2/h14-17,24H,3-13,18-19H2,1-2H3. The number of esters is 1. The van der Waals surface area contributed by atoms with Crippen molar-refractivity contribution >= 4 is 17.4 Å². The summed E-state index contributed by atoms with van der Waals surface area (Å²) in [6.45, 7) is 5.24. The van der Waals surface area contributed by atoms with Gasteiger partial charge in [0.25, 0.3) is 0 Å². The highest BCUT2D eigenvalue weighted by Crippen LogP contribution is 2.13. The molecule has 0 fully saturated rings. The molecule has 0 radical (unpaired) electrons. The molecule has 0 aromatic heterocycles. The first-order valence-electron chi connectivity index (χ1n) is 10.7. The highest BCUT2D eigenvalue weighted by atomic mass is 16.5. The molecule has 0 aliphatic rings. The molecule has 27 heavy (non-hydrogen) atoms. The van der Waals surface area contributed by atoms with Gasteiger partial charge in [0.1, 0.15) is 6.42 Å². The maximum atomic E-state index is 12.0. The molecular formula is C23H37NO3. The van der Waals surface area contributed by atoms with Crippen LogP contribution >= 0.6 is 0 Å². The first-order valence-corrected chi connectivity index (χ1v) is 10.7. The number of rotatable bonds is 16. The minimum absolute atomic E-state index is 0.195. The Labute approximate surface area is 165 Å². The lowest BCUT2D eigenvalue weighted by molar-refractivity contribution is -0.141. The summed E-state index contributed by atoms with van der Waals surface area (Å²) in [5.74, 6) is -0.666. The van der Waals surface area contributed by atoms with Crippen molar-refractivity contribution in [3.05, 3.63) is 29.8 Å². The van der Waals surface area contributed by atoms with Crippen LogP contribution in [0.4, 0.5) is 5.69 Å². The van der Waals surface area contributed by atoms with E-state index in [9.17, 15) is 9.59 Å². The maximum Gasteiger partial charge on any atom is 0.313 e. The van der Waals surface area contributed by atoms with Crippen LogP contribution in [0.25, 0.3) is 0 Å². The van der Waals surface area contributed by atoms with Crippen molar-refractivity contribution in [1.29, 1.82) is 0 Å². The number of nitrogens with one attached hydrogen (secondary N) is 1. The average molecular weight is 376 g/mol. The number of anilines is 1. The lowest BCUT2D eigenvalue weighted by Crippen LogP contribution is -2.11. The number of carbonyl (C=O) groups is 2. The molecule has 1 aromatic carbocycles. The highest BCUT2D eigenvalue weighted by Gasteiger charge is 2.12. The van der Waals surface area contributed by atoms with E-state index in [2.05, 4.69) is 12.2 Å². The molecule has 1 aromatic rings. The van der Waals surface area contributed by atoms with Crippen molar-refractivity contribution in [2.75, 3.05) is 18.5 Å². The summed E-state index contributed by atoms with van der Waals surface area (Å²) in [5.41, 5.74) is 1.56. The van der Waals surface area contributed by atoms with Crippen molar-refractivity contribution in [3.8, 4) is 0 Å². The Morgan fingerprint density at radius 2 is 1.37 bits per heavy atom. The van der Waals surface area contributed by atoms with E-state index in [1.165, 1.54) is 64.2 Å². The second-order valence-electron chi connectivity index (χ2n) is 7.09. The minimum Gasteiger partial charge on any atom is -0.466 e. The van der Waals surface area contributed by atoms with Crippen LogP contribution in [0.15, 0.2) is 24.3 Å². The summed E-state index contributed by atoms with van der Waals surface area (Å²) in [5, 5.41) is 3.39. The molecule has 0 atom stereocenters. The Morgan fingerprint density at radius 1 is 0.815 bits per heavy atom. The number of hydrogen-bond donors (Lipinski definition) is 1. The van der Waals surface area contributed by atoms with E-state index in [0.29, 0.717) is 12.2 Å². The predicted molar refractivity (Wildman–Crippen MR) is 112 cm³/mol. The summed E-state index contributed by atoms with van der Waals surface area (Å²) in [4.78, 5) is 23.3. The van der Waals surface area contributed by atoms with Crippen LogP contribution in [0.5, 0.6) is 0 Å². The van der Waals surface area contributed by atoms with Gasteiger partial charge in [-0.15, -0.1) is 0 Å². The second-order valence-corrected chi connectivity index (χ2v) is 7.09. The molecule has 0 saturated carbocycles. The SMILES string of the molecule is CCCCCCCCCCCCNc1ccc(C(=O)CC(=O)OCC)cc1. The third kappa shape index (κ3) is 11.5. The smallest absolute Gasteiger partial charge is 0.313 e. The Morgan fingerprint density at radius 3 is 1.93 bits per heavy atom. The fraction of sp³-hybridized carbons (Fsp3) is 0.652. The summed E-state index contributed by atoms with van der Waals surface area (Å²) < 4.78 is 4.81. The van der Waals surface area contributed by atoms with E-state index in [-0.39, 0.29) is 12.2 Å². The first-order chi connectivity index (χ1) is 13.2. The van der Waals surface area contributed by atoms with Crippen LogP contribution in [0.2, 0.25) is 0 Å². The Kier molecular flexibility index (Phi) is 13.1. The monoisotopic (exact) mass is 375 g/mol. The van der Waals surface area contributed by atoms with Gasteiger partial charge in [-0.25, -0.2) is 0 Å². The Hall–Kier alpha value is -1.84. The minimum atomic E-state index is -0.467. The van der Waals surface area contributed by atoms with E-state index in [1.54, 1.807) is 19.1 Å². The lowest BCUT2D eigenvalue weighted by atomic mass is 10.1. The number of benzene rings is 1. The zero-order valence-corrected chi connectivity index (χ0v) is 17.2. The van der Waals surface area contributed by atoms with Gasteiger partial charge in [-0.1, -0.05) is 64.7 Å². The van der Waals surface area contributed by atoms with Gasteiger partial charge in [0.15, 0.2) is 5.78 Å². The number of hydrogen-bond acceptors (Lipinski definition) is 4. The summed E-state index contributed by atoms with van der Waals surface area (Å²) in [6.07, 6.45) is 13.2. The van der Waals surface area contributed by atoms with Crippen LogP contribution in [0.1, 0.15) is 94.8 Å². The van der Waals surface area contributed by atoms with Gasteiger partial charge in [0, 0.05) is 17.8 Å². The lowest BCUT2D eigenvalue weighted by Gasteiger charge is -2.07. The normalized spacial score (nSPS) is 10.6. The third-order valence-electron chi connectivity index (χ3n) is 4.68. The topological polar surface area (TPSA) is 55.4 Å². The fourth-order valence-electron chi connectivity index (χ4n) is 3.06. The largest absolute Gasteiger partial charge is 0.466 e. The predicted octanol–water partition coefficient (Wildman–Crippen LogP) is 6.16. The first kappa shape index (κ1) is 23.2. The molecule has 0 saturated heterocycles. The number of unbranched alkanes of at least 4 members (excludes halogenated alkanes) is 9. The molecule has 0 amide bonds. The van der Waals surface area contributed by atoms with E-state index < -0.39 is 5.97 Å². The molecule has 0 aliphatic carbocycles. The Bertz CT molecular complexity index is 525. The molecule has 152 valence electrons. The van der Waals surface area contributed by atoms with Gasteiger partial charge < -0.3 is 10.1 Å². The van der Waals surface area contributed by atoms with Crippen molar-refractivity contribution in [1.82, 2.24) is 0 Å². The van der Waals surface area contributed by atoms with Gasteiger partial charge in [0.2, 0.25) is 0 Å². The van der Waals surface area contributed by atoms with Crippen molar-refractivity contribution in [2.45, 2.75) is 84.5 Å². The molecule has 0 spiro atoms. The zero-order valence-electron chi connectivity index (χ0n) is 17.2.